The summed E-state index contributed by atoms with van der Waals surface area (Å²) in [5.74, 6) is 0.567. The summed E-state index contributed by atoms with van der Waals surface area (Å²) in [6, 6.07) is 6.07. The van der Waals surface area contributed by atoms with Gasteiger partial charge >= 0.3 is 0 Å². The van der Waals surface area contributed by atoms with Crippen molar-refractivity contribution in [3.8, 4) is 10.6 Å². The molecule has 0 spiro atoms. The Morgan fingerprint density at radius 2 is 2.31 bits per heavy atom. The van der Waals surface area contributed by atoms with Gasteiger partial charge in [0.2, 0.25) is 5.91 Å². The van der Waals surface area contributed by atoms with Crippen LogP contribution in [0.4, 0.5) is 5.69 Å². The van der Waals surface area contributed by atoms with Crippen LogP contribution >= 0.6 is 23.1 Å². The summed E-state index contributed by atoms with van der Waals surface area (Å²) >= 11 is 3.17. The van der Waals surface area contributed by atoms with E-state index in [0.29, 0.717) is 5.75 Å². The van der Waals surface area contributed by atoms with E-state index in [9.17, 15) is 4.79 Å². The average Bonchev–Trinajstić information content (AvgIpc) is 2.81. The normalized spacial score (nSPS) is 14.4. The second kappa shape index (κ2) is 3.92. The van der Waals surface area contributed by atoms with E-state index in [1.807, 2.05) is 23.6 Å². The van der Waals surface area contributed by atoms with Gasteiger partial charge in [-0.15, -0.1) is 23.1 Å². The topological polar surface area (TPSA) is 42.0 Å². The van der Waals surface area contributed by atoms with Gasteiger partial charge < -0.3 is 5.32 Å². The van der Waals surface area contributed by atoms with Crippen LogP contribution in [0.25, 0.3) is 10.6 Å². The SMILES string of the molecule is O=C1CSc2ccc(-c3nccs3)cc2N1. The smallest absolute Gasteiger partial charge is 0.234 e. The van der Waals surface area contributed by atoms with E-state index in [-0.39, 0.29) is 5.91 Å². The van der Waals surface area contributed by atoms with E-state index in [4.69, 9.17) is 0 Å². The molecular formula is C11H8N2OS2. The zero-order chi connectivity index (χ0) is 11.0. The second-order valence-electron chi connectivity index (χ2n) is 3.39. The highest BCUT2D eigenvalue weighted by atomic mass is 32.2. The van der Waals surface area contributed by atoms with Crippen LogP contribution in [0.2, 0.25) is 0 Å². The molecule has 1 N–H and O–H groups in total. The molecule has 0 atom stereocenters. The van der Waals surface area contributed by atoms with Gasteiger partial charge in [0.15, 0.2) is 0 Å². The van der Waals surface area contributed by atoms with Crippen LogP contribution in [0.5, 0.6) is 0 Å². The Morgan fingerprint density at radius 1 is 1.38 bits per heavy atom. The summed E-state index contributed by atoms with van der Waals surface area (Å²) in [5.41, 5.74) is 1.95. The van der Waals surface area contributed by atoms with E-state index in [2.05, 4.69) is 10.3 Å². The number of fused-ring (bicyclic) bond motifs is 1. The first-order valence-electron chi connectivity index (χ1n) is 4.79. The minimum Gasteiger partial charge on any atom is -0.324 e. The number of rotatable bonds is 1. The molecule has 1 aliphatic heterocycles. The molecule has 16 heavy (non-hydrogen) atoms. The lowest BCUT2D eigenvalue weighted by molar-refractivity contribution is -0.113. The molecule has 1 aromatic heterocycles. The summed E-state index contributed by atoms with van der Waals surface area (Å²) < 4.78 is 0. The Balaban J connectivity index is 2.04. The minimum absolute atomic E-state index is 0.0637. The van der Waals surface area contributed by atoms with Crippen molar-refractivity contribution in [3.63, 3.8) is 0 Å². The third-order valence-corrected chi connectivity index (χ3v) is 4.19. The molecule has 0 unspecified atom stereocenters. The first-order valence-corrected chi connectivity index (χ1v) is 6.66. The highest BCUT2D eigenvalue weighted by molar-refractivity contribution is 8.00. The second-order valence-corrected chi connectivity index (χ2v) is 5.30. The fraction of sp³-hybridized carbons (Fsp3) is 0.0909. The van der Waals surface area contributed by atoms with Gasteiger partial charge in [0.1, 0.15) is 5.01 Å². The maximum atomic E-state index is 11.3. The van der Waals surface area contributed by atoms with Crippen LogP contribution in [-0.2, 0) is 4.79 Å². The third kappa shape index (κ3) is 1.72. The van der Waals surface area contributed by atoms with Crippen molar-refractivity contribution in [1.29, 1.82) is 0 Å². The molecule has 3 nitrogen and oxygen atoms in total. The number of amides is 1. The van der Waals surface area contributed by atoms with E-state index in [0.717, 1.165) is 21.2 Å². The van der Waals surface area contributed by atoms with Crippen LogP contribution in [0.15, 0.2) is 34.7 Å². The summed E-state index contributed by atoms with van der Waals surface area (Å²) in [4.78, 5) is 16.7. The van der Waals surface area contributed by atoms with Gasteiger partial charge in [-0.25, -0.2) is 4.98 Å². The van der Waals surface area contributed by atoms with Crippen LogP contribution in [-0.4, -0.2) is 16.6 Å². The first kappa shape index (κ1) is 9.86. The number of anilines is 1. The molecule has 0 fully saturated rings. The minimum atomic E-state index is 0.0637. The molecule has 5 heteroatoms. The molecule has 0 aliphatic carbocycles. The number of nitrogens with one attached hydrogen (secondary N) is 1. The number of hydrogen-bond donors (Lipinski definition) is 1. The van der Waals surface area contributed by atoms with Gasteiger partial charge in [-0.05, 0) is 12.1 Å². The van der Waals surface area contributed by atoms with Crippen molar-refractivity contribution in [2.45, 2.75) is 4.90 Å². The van der Waals surface area contributed by atoms with Gasteiger partial charge in [0.05, 0.1) is 11.4 Å². The van der Waals surface area contributed by atoms with E-state index in [1.54, 1.807) is 29.3 Å². The molecule has 0 bridgehead atoms. The zero-order valence-electron chi connectivity index (χ0n) is 8.27. The third-order valence-electron chi connectivity index (χ3n) is 2.29. The molecule has 80 valence electrons. The number of aromatic nitrogens is 1. The van der Waals surface area contributed by atoms with Crippen LogP contribution in [0, 0.1) is 0 Å². The summed E-state index contributed by atoms with van der Waals surface area (Å²) in [7, 11) is 0. The molecule has 1 aliphatic rings. The molecule has 3 rings (SSSR count). The molecule has 2 heterocycles. The predicted octanol–water partition coefficient (Wildman–Crippen LogP) is 2.85. The van der Waals surface area contributed by atoms with Crippen molar-refractivity contribution in [3.05, 3.63) is 29.8 Å². The standard InChI is InChI=1S/C11H8N2OS2/c14-10-6-16-9-2-1-7(5-8(9)13-10)11-12-3-4-15-11/h1-5H,6H2,(H,13,14). The number of carbonyl (C=O) groups is 1. The lowest BCUT2D eigenvalue weighted by atomic mass is 10.2. The number of nitrogens with zero attached hydrogens (tertiary/aromatic N) is 1. The van der Waals surface area contributed by atoms with E-state index >= 15 is 0 Å². The predicted molar refractivity (Wildman–Crippen MR) is 66.9 cm³/mol. The molecule has 0 saturated heterocycles. The van der Waals surface area contributed by atoms with Crippen molar-refractivity contribution >= 4 is 34.7 Å². The van der Waals surface area contributed by atoms with Gasteiger partial charge in [-0.3, -0.25) is 4.79 Å². The molecular weight excluding hydrogens is 240 g/mol. The van der Waals surface area contributed by atoms with Crippen molar-refractivity contribution < 1.29 is 4.79 Å². The fourth-order valence-electron chi connectivity index (χ4n) is 1.58. The van der Waals surface area contributed by atoms with Crippen LogP contribution in [0.1, 0.15) is 0 Å². The molecule has 0 radical (unpaired) electrons. The summed E-state index contributed by atoms with van der Waals surface area (Å²) in [6.07, 6.45) is 1.78. The molecule has 1 aromatic carbocycles. The Kier molecular flexibility index (Phi) is 2.41. The highest BCUT2D eigenvalue weighted by Crippen LogP contribution is 2.35. The van der Waals surface area contributed by atoms with Gasteiger partial charge in [0, 0.05) is 22.0 Å². The fourth-order valence-corrected chi connectivity index (χ4v) is 3.01. The number of hydrogen-bond acceptors (Lipinski definition) is 4. The molecule has 2 aromatic rings. The lowest BCUT2D eigenvalue weighted by Gasteiger charge is -2.16. The first-order chi connectivity index (χ1) is 7.83. The maximum absolute atomic E-state index is 11.3. The van der Waals surface area contributed by atoms with Gasteiger partial charge in [-0.1, -0.05) is 6.07 Å². The Morgan fingerprint density at radius 3 is 3.12 bits per heavy atom. The maximum Gasteiger partial charge on any atom is 0.234 e. The van der Waals surface area contributed by atoms with E-state index < -0.39 is 0 Å². The molecule has 1 amide bonds. The Hall–Kier alpha value is -1.33. The lowest BCUT2D eigenvalue weighted by Crippen LogP contribution is -2.18. The Labute approximate surface area is 101 Å². The zero-order valence-corrected chi connectivity index (χ0v) is 9.90. The molecule has 0 saturated carbocycles. The number of thioether (sulfide) groups is 1. The van der Waals surface area contributed by atoms with Crippen LogP contribution < -0.4 is 5.32 Å². The number of carbonyl (C=O) groups excluding carboxylic acids is 1. The van der Waals surface area contributed by atoms with Gasteiger partial charge in [-0.2, -0.15) is 0 Å². The Bertz CT molecular complexity index is 537. The van der Waals surface area contributed by atoms with Gasteiger partial charge in [0.25, 0.3) is 0 Å². The number of thiazole rings is 1. The summed E-state index contributed by atoms with van der Waals surface area (Å²) in [6.45, 7) is 0. The number of benzene rings is 1. The monoisotopic (exact) mass is 248 g/mol. The van der Waals surface area contributed by atoms with Crippen molar-refractivity contribution in [2.75, 3.05) is 11.1 Å². The largest absolute Gasteiger partial charge is 0.324 e. The van der Waals surface area contributed by atoms with E-state index in [1.165, 1.54) is 0 Å². The van der Waals surface area contributed by atoms with Crippen molar-refractivity contribution in [2.24, 2.45) is 0 Å². The quantitative estimate of drug-likeness (QED) is 0.843. The van der Waals surface area contributed by atoms with Crippen molar-refractivity contribution in [1.82, 2.24) is 4.98 Å². The van der Waals surface area contributed by atoms with Crippen LogP contribution in [0.3, 0.4) is 0 Å². The highest BCUT2D eigenvalue weighted by Gasteiger charge is 2.16. The average molecular weight is 248 g/mol. The summed E-state index contributed by atoms with van der Waals surface area (Å²) in [5, 5.41) is 5.81.